The number of anilines is 2. The molecule has 0 radical (unpaired) electrons. The summed E-state index contributed by atoms with van der Waals surface area (Å²) < 4.78 is 0. The second-order valence-electron chi connectivity index (χ2n) is 9.81. The summed E-state index contributed by atoms with van der Waals surface area (Å²) >= 11 is 6.26. The first-order chi connectivity index (χ1) is 17.1. The molecule has 2 heterocycles. The van der Waals surface area contributed by atoms with Crippen LogP contribution in [-0.2, 0) is 0 Å². The number of piperidine rings is 1. The van der Waals surface area contributed by atoms with Crippen LogP contribution < -0.4 is 10.2 Å². The van der Waals surface area contributed by atoms with Crippen molar-refractivity contribution in [3.8, 4) is 11.1 Å². The molecule has 182 valence electrons. The fourth-order valence-corrected chi connectivity index (χ4v) is 5.90. The first-order valence-corrected chi connectivity index (χ1v) is 13.1. The third-order valence-electron chi connectivity index (χ3n) is 7.36. The number of carbonyl (C=O) groups is 1. The van der Waals surface area contributed by atoms with Crippen molar-refractivity contribution in [1.82, 2.24) is 9.88 Å². The molecule has 2 amide bonds. The van der Waals surface area contributed by atoms with Crippen molar-refractivity contribution in [3.63, 3.8) is 0 Å². The number of hydrogen-bond acceptors (Lipinski definition) is 3. The zero-order chi connectivity index (χ0) is 24.2. The second-order valence-corrected chi connectivity index (χ2v) is 10.2. The van der Waals surface area contributed by atoms with E-state index in [1.807, 2.05) is 42.3 Å². The minimum Gasteiger partial charge on any atom is -0.307 e. The first-order valence-electron chi connectivity index (χ1n) is 12.7. The maximum atomic E-state index is 13.7. The molecule has 2 aliphatic rings. The molecule has 35 heavy (non-hydrogen) atoms. The van der Waals surface area contributed by atoms with Gasteiger partial charge < -0.3 is 10.2 Å². The summed E-state index contributed by atoms with van der Waals surface area (Å²) in [4.78, 5) is 22.5. The van der Waals surface area contributed by atoms with Gasteiger partial charge in [-0.25, -0.2) is 4.79 Å². The summed E-state index contributed by atoms with van der Waals surface area (Å²) in [5.41, 5.74) is 4.80. The van der Waals surface area contributed by atoms with E-state index in [4.69, 9.17) is 11.6 Å². The van der Waals surface area contributed by atoms with Gasteiger partial charge in [-0.1, -0.05) is 42.6 Å². The fraction of sp³-hybridized carbons (Fsp3) is 0.379. The molecule has 2 aromatic carbocycles. The molecule has 0 atom stereocenters. The van der Waals surface area contributed by atoms with E-state index in [-0.39, 0.29) is 12.1 Å². The van der Waals surface area contributed by atoms with Gasteiger partial charge in [0.05, 0.1) is 0 Å². The Morgan fingerprint density at radius 3 is 2.40 bits per heavy atom. The van der Waals surface area contributed by atoms with Gasteiger partial charge in [-0.2, -0.15) is 0 Å². The van der Waals surface area contributed by atoms with Crippen molar-refractivity contribution in [2.45, 2.75) is 57.5 Å². The number of amides is 2. The van der Waals surface area contributed by atoms with Crippen molar-refractivity contribution in [2.24, 2.45) is 0 Å². The zero-order valence-electron chi connectivity index (χ0n) is 20.3. The van der Waals surface area contributed by atoms with Gasteiger partial charge in [0.2, 0.25) is 0 Å². The molecular weight excluding hydrogens is 456 g/mol. The smallest absolute Gasteiger partial charge is 0.307 e. The number of pyridine rings is 1. The number of hydrogen-bond donors (Lipinski definition) is 1. The van der Waals surface area contributed by atoms with Crippen LogP contribution in [0.1, 0.15) is 44.1 Å². The van der Waals surface area contributed by atoms with Gasteiger partial charge in [0.1, 0.15) is 0 Å². The number of halogens is 1. The van der Waals surface area contributed by atoms with Crippen LogP contribution in [0.4, 0.5) is 16.2 Å². The van der Waals surface area contributed by atoms with Crippen molar-refractivity contribution in [3.05, 3.63) is 77.6 Å². The number of nitrogens with zero attached hydrogens (tertiary/aromatic N) is 3. The summed E-state index contributed by atoms with van der Waals surface area (Å²) in [7, 11) is 0. The minimum atomic E-state index is -0.111. The van der Waals surface area contributed by atoms with Gasteiger partial charge in [-0.3, -0.25) is 9.88 Å². The van der Waals surface area contributed by atoms with Gasteiger partial charge >= 0.3 is 6.03 Å². The van der Waals surface area contributed by atoms with Crippen LogP contribution >= 0.6 is 11.6 Å². The third kappa shape index (κ3) is 5.68. The Labute approximate surface area is 213 Å². The molecule has 1 N–H and O–H groups in total. The van der Waals surface area contributed by atoms with Crippen molar-refractivity contribution >= 4 is 29.0 Å². The highest BCUT2D eigenvalue weighted by Crippen LogP contribution is 2.31. The lowest BCUT2D eigenvalue weighted by atomic mass is 9.99. The summed E-state index contributed by atoms with van der Waals surface area (Å²) in [6.45, 7) is 4.07. The SMILES string of the molecule is Cc1cc(Cl)cc(NC(=O)N(c2ccc(-c3cccnc3)cc2)C2CCN(C3CCCC3)CC2)c1. The highest BCUT2D eigenvalue weighted by molar-refractivity contribution is 6.31. The summed E-state index contributed by atoms with van der Waals surface area (Å²) in [5.74, 6) is 0. The molecule has 1 saturated carbocycles. The molecule has 3 aromatic rings. The van der Waals surface area contributed by atoms with Crippen LogP contribution in [0.2, 0.25) is 5.02 Å². The lowest BCUT2D eigenvalue weighted by Crippen LogP contribution is -2.50. The standard InChI is InChI=1S/C29H33ClN4O/c1-21-17-24(30)19-25(18-21)32-29(35)34(28-12-15-33(16-13-28)26-6-2-3-7-26)27-10-8-22(9-11-27)23-5-4-14-31-20-23/h4-5,8-11,14,17-20,26,28H,2-3,6-7,12-13,15-16H2,1H3,(H,32,35). The molecule has 2 fully saturated rings. The Morgan fingerprint density at radius 2 is 1.74 bits per heavy atom. The van der Waals surface area contributed by atoms with E-state index < -0.39 is 0 Å². The molecule has 1 saturated heterocycles. The fourth-order valence-electron chi connectivity index (χ4n) is 5.61. The van der Waals surface area contributed by atoms with Gasteiger partial charge in [0.15, 0.2) is 0 Å². The first kappa shape index (κ1) is 23.8. The number of aryl methyl sites for hydroxylation is 1. The number of likely N-dealkylation sites (tertiary alicyclic amines) is 1. The highest BCUT2D eigenvalue weighted by Gasteiger charge is 2.32. The average Bonchev–Trinajstić information content (AvgIpc) is 3.40. The Hall–Kier alpha value is -2.89. The number of aromatic nitrogens is 1. The predicted octanol–water partition coefficient (Wildman–Crippen LogP) is 7.16. The van der Waals surface area contributed by atoms with Crippen LogP contribution in [-0.4, -0.2) is 41.1 Å². The Morgan fingerprint density at radius 1 is 1.00 bits per heavy atom. The van der Waals surface area contributed by atoms with Crippen LogP contribution in [0.15, 0.2) is 67.0 Å². The number of rotatable bonds is 5. The van der Waals surface area contributed by atoms with Crippen LogP contribution in [0.5, 0.6) is 0 Å². The highest BCUT2D eigenvalue weighted by atomic mass is 35.5. The van der Waals surface area contributed by atoms with Gasteiger partial charge in [0, 0.05) is 54.0 Å². The average molecular weight is 489 g/mol. The quantitative estimate of drug-likeness (QED) is 0.414. The molecule has 5 nitrogen and oxygen atoms in total. The van der Waals surface area contributed by atoms with E-state index in [1.165, 1.54) is 25.7 Å². The molecule has 0 spiro atoms. The number of nitrogens with one attached hydrogen (secondary N) is 1. The van der Waals surface area contributed by atoms with Gasteiger partial charge in [-0.05, 0) is 85.7 Å². The molecule has 0 unspecified atom stereocenters. The van der Waals surface area contributed by atoms with Crippen molar-refractivity contribution < 1.29 is 4.79 Å². The van der Waals surface area contributed by atoms with E-state index in [1.54, 1.807) is 12.3 Å². The topological polar surface area (TPSA) is 48.5 Å². The predicted molar refractivity (Wildman–Crippen MR) is 144 cm³/mol. The molecule has 0 bridgehead atoms. The maximum Gasteiger partial charge on any atom is 0.326 e. The summed E-state index contributed by atoms with van der Waals surface area (Å²) in [5, 5.41) is 3.73. The molecule has 5 rings (SSSR count). The van der Waals surface area contributed by atoms with E-state index in [0.29, 0.717) is 5.02 Å². The largest absolute Gasteiger partial charge is 0.326 e. The Bertz CT molecular complexity index is 1120. The Kier molecular flexibility index (Phi) is 7.35. The summed E-state index contributed by atoms with van der Waals surface area (Å²) in [6, 6.07) is 18.7. The van der Waals surface area contributed by atoms with E-state index in [9.17, 15) is 4.79 Å². The second kappa shape index (κ2) is 10.8. The van der Waals surface area contributed by atoms with E-state index in [2.05, 4.69) is 39.5 Å². The van der Waals surface area contributed by atoms with Crippen molar-refractivity contribution in [1.29, 1.82) is 0 Å². The van der Waals surface area contributed by atoms with Crippen LogP contribution in [0.25, 0.3) is 11.1 Å². The maximum absolute atomic E-state index is 13.7. The van der Waals surface area contributed by atoms with Gasteiger partial charge in [-0.15, -0.1) is 0 Å². The molecule has 6 heteroatoms. The lowest BCUT2D eigenvalue weighted by Gasteiger charge is -2.40. The molecular formula is C29H33ClN4O. The lowest BCUT2D eigenvalue weighted by molar-refractivity contribution is 0.153. The minimum absolute atomic E-state index is 0.111. The molecule has 1 aliphatic carbocycles. The van der Waals surface area contributed by atoms with Crippen LogP contribution in [0.3, 0.4) is 0 Å². The molecule has 1 aliphatic heterocycles. The monoisotopic (exact) mass is 488 g/mol. The van der Waals surface area contributed by atoms with Crippen molar-refractivity contribution in [2.75, 3.05) is 23.3 Å². The van der Waals surface area contributed by atoms with Crippen LogP contribution in [0, 0.1) is 6.92 Å². The normalized spacial score (nSPS) is 17.4. The van der Waals surface area contributed by atoms with E-state index >= 15 is 0 Å². The molecule has 1 aromatic heterocycles. The van der Waals surface area contributed by atoms with E-state index in [0.717, 1.165) is 60.0 Å². The number of benzene rings is 2. The van der Waals surface area contributed by atoms with Gasteiger partial charge in [0.25, 0.3) is 0 Å². The summed E-state index contributed by atoms with van der Waals surface area (Å²) in [6.07, 6.45) is 10.9. The Balaban J connectivity index is 1.38. The zero-order valence-corrected chi connectivity index (χ0v) is 21.0. The number of carbonyl (C=O) groups excluding carboxylic acids is 1. The number of urea groups is 1. The third-order valence-corrected chi connectivity index (χ3v) is 7.58.